The lowest BCUT2D eigenvalue weighted by Gasteiger charge is -2.21. The summed E-state index contributed by atoms with van der Waals surface area (Å²) in [6.45, 7) is 4.76. The van der Waals surface area contributed by atoms with E-state index in [1.54, 1.807) is 0 Å². The van der Waals surface area contributed by atoms with Gasteiger partial charge < -0.3 is 15.6 Å². The molecule has 1 aliphatic heterocycles. The van der Waals surface area contributed by atoms with Gasteiger partial charge in [-0.05, 0) is 24.7 Å². The second kappa shape index (κ2) is 4.08. The number of hydrogen-bond donors (Lipinski definition) is 3. The molecule has 2 heterocycles. The van der Waals surface area contributed by atoms with E-state index in [1.807, 2.05) is 0 Å². The van der Waals surface area contributed by atoms with Crippen LogP contribution in [0.15, 0.2) is 0 Å². The molecule has 0 radical (unpaired) electrons. The van der Waals surface area contributed by atoms with Crippen LogP contribution >= 0.6 is 0 Å². The lowest BCUT2D eigenvalue weighted by atomic mass is 9.88. The number of H-pyrrole nitrogens is 1. The van der Waals surface area contributed by atoms with E-state index in [4.69, 9.17) is 0 Å². The molecule has 6 heteroatoms. The molecule has 0 saturated heterocycles. The van der Waals surface area contributed by atoms with Crippen LogP contribution in [0.2, 0.25) is 0 Å². The summed E-state index contributed by atoms with van der Waals surface area (Å²) in [5, 5.41) is 5.71. The molecule has 1 aromatic heterocycles. The largest absolute Gasteiger partial charge is 0.350 e. The second-order valence-corrected chi connectivity index (χ2v) is 6.18. The molecule has 2 aliphatic rings. The number of aromatic amines is 1. The third-order valence-corrected chi connectivity index (χ3v) is 3.50. The quantitative estimate of drug-likeness (QED) is 0.730. The Hall–Kier alpha value is -1.85. The van der Waals surface area contributed by atoms with Crippen molar-refractivity contribution in [2.45, 2.75) is 39.2 Å². The highest BCUT2D eigenvalue weighted by atomic mass is 16.2. The van der Waals surface area contributed by atoms with Gasteiger partial charge in [-0.25, -0.2) is 4.98 Å². The molecule has 2 amide bonds. The van der Waals surface area contributed by atoms with Crippen molar-refractivity contribution in [2.75, 3.05) is 6.54 Å². The van der Waals surface area contributed by atoms with E-state index in [1.165, 1.54) is 0 Å². The maximum atomic E-state index is 11.9. The number of carbonyl (C=O) groups excluding carboxylic acids is 2. The predicted molar refractivity (Wildman–Crippen MR) is 68.9 cm³/mol. The fourth-order valence-electron chi connectivity index (χ4n) is 2.26. The predicted octanol–water partition coefficient (Wildman–Crippen LogP) is 0.614. The maximum absolute atomic E-state index is 11.9. The first-order valence-electron chi connectivity index (χ1n) is 6.62. The number of carbonyl (C=O) groups is 2. The molecule has 102 valence electrons. The molecule has 1 saturated carbocycles. The SMILES string of the molecule is CC1(C)CNC(=O)c2nc(C(=O)NC3CC3)[nH]c2C1. The number of nitrogens with zero attached hydrogens (tertiary/aromatic N) is 1. The fraction of sp³-hybridized carbons (Fsp3) is 0.615. The number of hydrogen-bond acceptors (Lipinski definition) is 3. The molecule has 3 N–H and O–H groups in total. The topological polar surface area (TPSA) is 86.9 Å². The number of aromatic nitrogens is 2. The molecular weight excluding hydrogens is 244 g/mol. The van der Waals surface area contributed by atoms with Crippen LogP contribution in [0, 0.1) is 5.41 Å². The van der Waals surface area contributed by atoms with Crippen LogP contribution in [0.5, 0.6) is 0 Å². The van der Waals surface area contributed by atoms with Gasteiger partial charge in [0.2, 0.25) is 0 Å². The summed E-state index contributed by atoms with van der Waals surface area (Å²) in [6, 6.07) is 0.280. The van der Waals surface area contributed by atoms with Gasteiger partial charge in [-0.1, -0.05) is 13.8 Å². The first kappa shape index (κ1) is 12.2. The Morgan fingerprint density at radius 2 is 2.16 bits per heavy atom. The number of nitrogens with one attached hydrogen (secondary N) is 3. The molecule has 19 heavy (non-hydrogen) atoms. The average molecular weight is 262 g/mol. The van der Waals surface area contributed by atoms with Crippen molar-refractivity contribution < 1.29 is 9.59 Å². The summed E-state index contributed by atoms with van der Waals surface area (Å²) >= 11 is 0. The molecule has 0 atom stereocenters. The summed E-state index contributed by atoms with van der Waals surface area (Å²) in [7, 11) is 0. The van der Waals surface area contributed by atoms with E-state index in [2.05, 4.69) is 34.4 Å². The first-order valence-corrected chi connectivity index (χ1v) is 6.62. The van der Waals surface area contributed by atoms with Crippen LogP contribution < -0.4 is 10.6 Å². The molecule has 0 unspecified atom stereocenters. The Balaban J connectivity index is 1.88. The van der Waals surface area contributed by atoms with E-state index in [0.29, 0.717) is 18.7 Å². The van der Waals surface area contributed by atoms with Gasteiger partial charge in [0, 0.05) is 18.3 Å². The zero-order valence-electron chi connectivity index (χ0n) is 11.2. The van der Waals surface area contributed by atoms with Crippen molar-refractivity contribution in [1.29, 1.82) is 0 Å². The number of fused-ring (bicyclic) bond motifs is 1. The Bertz CT molecular complexity index is 543. The molecule has 0 bridgehead atoms. The summed E-state index contributed by atoms with van der Waals surface area (Å²) in [5.41, 5.74) is 1.06. The zero-order valence-corrected chi connectivity index (χ0v) is 11.2. The normalized spacial score (nSPS) is 21.3. The lowest BCUT2D eigenvalue weighted by Crippen LogP contribution is -2.32. The highest BCUT2D eigenvalue weighted by Crippen LogP contribution is 2.25. The van der Waals surface area contributed by atoms with Gasteiger partial charge in [-0.15, -0.1) is 0 Å². The van der Waals surface area contributed by atoms with Crippen molar-refractivity contribution in [3.63, 3.8) is 0 Å². The molecule has 3 rings (SSSR count). The third-order valence-electron chi connectivity index (χ3n) is 3.50. The van der Waals surface area contributed by atoms with Crippen molar-refractivity contribution in [3.8, 4) is 0 Å². The van der Waals surface area contributed by atoms with Crippen LogP contribution in [-0.4, -0.2) is 34.4 Å². The van der Waals surface area contributed by atoms with E-state index >= 15 is 0 Å². The van der Waals surface area contributed by atoms with E-state index in [0.717, 1.165) is 18.5 Å². The smallest absolute Gasteiger partial charge is 0.287 e. The van der Waals surface area contributed by atoms with E-state index in [-0.39, 0.29) is 29.1 Å². The molecule has 1 aliphatic carbocycles. The van der Waals surface area contributed by atoms with Crippen molar-refractivity contribution in [2.24, 2.45) is 5.41 Å². The van der Waals surface area contributed by atoms with Crippen LogP contribution in [0.25, 0.3) is 0 Å². The molecule has 0 spiro atoms. The van der Waals surface area contributed by atoms with Gasteiger partial charge >= 0.3 is 0 Å². The number of amides is 2. The maximum Gasteiger partial charge on any atom is 0.287 e. The van der Waals surface area contributed by atoms with Crippen LogP contribution in [0.3, 0.4) is 0 Å². The summed E-state index contributed by atoms with van der Waals surface area (Å²) in [6.07, 6.45) is 2.75. The average Bonchev–Trinajstić information content (AvgIpc) is 3.05. The second-order valence-electron chi connectivity index (χ2n) is 6.18. The van der Waals surface area contributed by atoms with E-state index in [9.17, 15) is 9.59 Å². The van der Waals surface area contributed by atoms with Crippen LogP contribution in [0.1, 0.15) is 53.5 Å². The zero-order chi connectivity index (χ0) is 13.6. The lowest BCUT2D eigenvalue weighted by molar-refractivity contribution is 0.0938. The Labute approximate surface area is 111 Å². The van der Waals surface area contributed by atoms with Gasteiger partial charge in [0.25, 0.3) is 11.8 Å². The van der Waals surface area contributed by atoms with Crippen molar-refractivity contribution in [1.82, 2.24) is 20.6 Å². The molecule has 6 nitrogen and oxygen atoms in total. The monoisotopic (exact) mass is 262 g/mol. The summed E-state index contributed by atoms with van der Waals surface area (Å²) < 4.78 is 0. The number of rotatable bonds is 2. The van der Waals surface area contributed by atoms with Crippen LogP contribution in [-0.2, 0) is 6.42 Å². The van der Waals surface area contributed by atoms with Crippen LogP contribution in [0.4, 0.5) is 0 Å². The van der Waals surface area contributed by atoms with E-state index < -0.39 is 0 Å². The molecular formula is C13H18N4O2. The minimum atomic E-state index is -0.221. The molecule has 1 aromatic rings. The van der Waals surface area contributed by atoms with Gasteiger partial charge in [0.15, 0.2) is 5.82 Å². The minimum absolute atomic E-state index is 0.0440. The van der Waals surface area contributed by atoms with Crippen molar-refractivity contribution in [3.05, 3.63) is 17.2 Å². The summed E-state index contributed by atoms with van der Waals surface area (Å²) in [4.78, 5) is 31.0. The first-order chi connectivity index (χ1) is 8.94. The van der Waals surface area contributed by atoms with Gasteiger partial charge in [-0.3, -0.25) is 9.59 Å². The third kappa shape index (κ3) is 2.47. The standard InChI is InChI=1S/C13H18N4O2/c1-13(2)5-8-9(11(18)14-6-13)17-10(16-8)12(19)15-7-3-4-7/h7H,3-6H2,1-2H3,(H,14,18)(H,15,19)(H,16,17). The van der Waals surface area contributed by atoms with Crippen molar-refractivity contribution >= 4 is 11.8 Å². The Morgan fingerprint density at radius 3 is 2.84 bits per heavy atom. The highest BCUT2D eigenvalue weighted by molar-refractivity contribution is 5.97. The Morgan fingerprint density at radius 1 is 1.42 bits per heavy atom. The highest BCUT2D eigenvalue weighted by Gasteiger charge is 2.32. The van der Waals surface area contributed by atoms with Gasteiger partial charge in [-0.2, -0.15) is 0 Å². The Kier molecular flexibility index (Phi) is 2.62. The molecule has 1 fully saturated rings. The van der Waals surface area contributed by atoms with Gasteiger partial charge in [0.1, 0.15) is 5.69 Å². The minimum Gasteiger partial charge on any atom is -0.350 e. The molecule has 0 aromatic carbocycles. The van der Waals surface area contributed by atoms with Gasteiger partial charge in [0.05, 0.1) is 0 Å². The number of imidazole rings is 1. The summed E-state index contributed by atoms with van der Waals surface area (Å²) in [5.74, 6) is -0.187. The fourth-order valence-corrected chi connectivity index (χ4v) is 2.26.